The predicted octanol–water partition coefficient (Wildman–Crippen LogP) is 0.640. The molecule has 0 saturated heterocycles. The topological polar surface area (TPSA) is 92.7 Å². The molecule has 1 unspecified atom stereocenters. The van der Waals surface area contributed by atoms with E-state index in [4.69, 9.17) is 9.52 Å². The van der Waals surface area contributed by atoms with Gasteiger partial charge in [0.2, 0.25) is 0 Å². The van der Waals surface area contributed by atoms with Crippen molar-refractivity contribution in [2.24, 2.45) is 7.05 Å². The van der Waals surface area contributed by atoms with Crippen molar-refractivity contribution in [3.05, 3.63) is 34.3 Å². The van der Waals surface area contributed by atoms with E-state index in [-0.39, 0.29) is 6.42 Å². The second kappa shape index (κ2) is 4.06. The van der Waals surface area contributed by atoms with E-state index in [1.807, 2.05) is 0 Å². The Morgan fingerprint density at radius 2 is 2.24 bits per heavy atom. The third kappa shape index (κ3) is 2.07. The second-order valence-corrected chi connectivity index (χ2v) is 3.77. The lowest BCUT2D eigenvalue weighted by atomic mass is 10.1. The first-order chi connectivity index (χ1) is 7.99. The van der Waals surface area contributed by atoms with Crippen LogP contribution < -0.4 is 5.76 Å². The average molecular weight is 237 g/mol. The fourth-order valence-electron chi connectivity index (χ4n) is 1.63. The summed E-state index contributed by atoms with van der Waals surface area (Å²) >= 11 is 0. The van der Waals surface area contributed by atoms with Crippen molar-refractivity contribution in [2.75, 3.05) is 0 Å². The Morgan fingerprint density at radius 3 is 2.88 bits per heavy atom. The highest BCUT2D eigenvalue weighted by Crippen LogP contribution is 2.21. The lowest BCUT2D eigenvalue weighted by Crippen LogP contribution is -2.09. The van der Waals surface area contributed by atoms with Gasteiger partial charge in [-0.3, -0.25) is 9.36 Å². The number of benzene rings is 1. The van der Waals surface area contributed by atoms with E-state index in [2.05, 4.69) is 0 Å². The molecule has 0 fully saturated rings. The molecule has 0 aliphatic rings. The Labute approximate surface area is 95.7 Å². The largest absolute Gasteiger partial charge is 0.481 e. The van der Waals surface area contributed by atoms with Crippen LogP contribution in [0.4, 0.5) is 0 Å². The Bertz CT molecular complexity index is 624. The molecule has 17 heavy (non-hydrogen) atoms. The summed E-state index contributed by atoms with van der Waals surface area (Å²) in [6, 6.07) is 4.63. The van der Waals surface area contributed by atoms with Crippen LogP contribution in [0.5, 0.6) is 0 Å². The molecule has 2 aromatic rings. The zero-order chi connectivity index (χ0) is 12.6. The molecule has 1 heterocycles. The summed E-state index contributed by atoms with van der Waals surface area (Å²) in [4.78, 5) is 21.7. The Morgan fingerprint density at radius 1 is 1.53 bits per heavy atom. The van der Waals surface area contributed by atoms with Gasteiger partial charge in [0.05, 0.1) is 18.0 Å². The number of aryl methyl sites for hydroxylation is 1. The van der Waals surface area contributed by atoms with Gasteiger partial charge in [-0.05, 0) is 17.7 Å². The first kappa shape index (κ1) is 11.4. The minimum Gasteiger partial charge on any atom is -0.481 e. The number of aliphatic hydroxyl groups is 1. The van der Waals surface area contributed by atoms with Gasteiger partial charge in [0, 0.05) is 7.05 Å². The minimum absolute atomic E-state index is 0.378. The van der Waals surface area contributed by atoms with E-state index in [1.165, 1.54) is 10.6 Å². The lowest BCUT2D eigenvalue weighted by Gasteiger charge is -2.07. The quantitative estimate of drug-likeness (QED) is 0.817. The number of fused-ring (bicyclic) bond motifs is 1. The molecule has 90 valence electrons. The van der Waals surface area contributed by atoms with Crippen molar-refractivity contribution in [2.45, 2.75) is 12.5 Å². The number of hydrogen-bond donors (Lipinski definition) is 2. The SMILES string of the molecule is Cn1c(=O)oc2ccc(C(O)CC(=O)O)cc21. The van der Waals surface area contributed by atoms with Crippen LogP contribution in [-0.4, -0.2) is 20.7 Å². The maximum Gasteiger partial charge on any atom is 0.419 e. The van der Waals surface area contributed by atoms with Crippen LogP contribution in [0.3, 0.4) is 0 Å². The molecule has 2 rings (SSSR count). The summed E-state index contributed by atoms with van der Waals surface area (Å²) in [7, 11) is 1.54. The fourth-order valence-corrected chi connectivity index (χ4v) is 1.63. The Kier molecular flexibility index (Phi) is 2.72. The maximum atomic E-state index is 11.2. The highest BCUT2D eigenvalue weighted by atomic mass is 16.4. The number of carboxylic acids is 1. The van der Waals surface area contributed by atoms with Crippen LogP contribution in [0.2, 0.25) is 0 Å². The number of aliphatic hydroxyl groups excluding tert-OH is 1. The van der Waals surface area contributed by atoms with Gasteiger partial charge in [-0.1, -0.05) is 6.07 Å². The Balaban J connectivity index is 2.46. The second-order valence-electron chi connectivity index (χ2n) is 3.77. The van der Waals surface area contributed by atoms with Crippen molar-refractivity contribution in [1.82, 2.24) is 4.57 Å². The molecular weight excluding hydrogens is 226 g/mol. The highest BCUT2D eigenvalue weighted by molar-refractivity contribution is 5.74. The third-order valence-electron chi connectivity index (χ3n) is 2.57. The van der Waals surface area contributed by atoms with Crippen molar-refractivity contribution >= 4 is 17.1 Å². The van der Waals surface area contributed by atoms with Gasteiger partial charge in [0.1, 0.15) is 0 Å². The molecule has 0 radical (unpaired) electrons. The number of carboxylic acid groups (broad SMARTS) is 1. The van der Waals surface area contributed by atoms with E-state index < -0.39 is 17.8 Å². The summed E-state index contributed by atoms with van der Waals surface area (Å²) in [6.45, 7) is 0. The van der Waals surface area contributed by atoms with Crippen LogP contribution >= 0.6 is 0 Å². The molecule has 1 aromatic heterocycles. The summed E-state index contributed by atoms with van der Waals surface area (Å²) in [5, 5.41) is 18.2. The van der Waals surface area contributed by atoms with E-state index in [0.29, 0.717) is 16.7 Å². The van der Waals surface area contributed by atoms with Crippen molar-refractivity contribution in [3.63, 3.8) is 0 Å². The summed E-state index contributed by atoms with van der Waals surface area (Å²) in [5.41, 5.74) is 1.37. The summed E-state index contributed by atoms with van der Waals surface area (Å²) in [5.74, 6) is -1.58. The molecule has 0 bridgehead atoms. The highest BCUT2D eigenvalue weighted by Gasteiger charge is 2.14. The standard InChI is InChI=1S/C11H11NO5/c1-12-7-4-6(8(13)5-10(14)15)2-3-9(7)17-11(12)16/h2-4,8,13H,5H2,1H3,(H,14,15). The normalized spacial score (nSPS) is 12.8. The Hall–Kier alpha value is -2.08. The van der Waals surface area contributed by atoms with E-state index in [1.54, 1.807) is 19.2 Å². The van der Waals surface area contributed by atoms with Gasteiger partial charge >= 0.3 is 11.7 Å². The first-order valence-electron chi connectivity index (χ1n) is 4.98. The van der Waals surface area contributed by atoms with E-state index in [9.17, 15) is 14.7 Å². The predicted molar refractivity (Wildman–Crippen MR) is 58.7 cm³/mol. The number of carbonyl (C=O) groups is 1. The van der Waals surface area contributed by atoms with Gasteiger partial charge in [0.15, 0.2) is 5.58 Å². The van der Waals surface area contributed by atoms with Gasteiger partial charge in [-0.25, -0.2) is 4.79 Å². The van der Waals surface area contributed by atoms with Crippen LogP contribution in [0.25, 0.3) is 11.1 Å². The monoisotopic (exact) mass is 237 g/mol. The summed E-state index contributed by atoms with van der Waals surface area (Å²) in [6.07, 6.45) is -1.47. The van der Waals surface area contributed by atoms with Crippen molar-refractivity contribution in [1.29, 1.82) is 0 Å². The molecule has 6 heteroatoms. The maximum absolute atomic E-state index is 11.2. The number of oxazole rings is 1. The molecule has 0 spiro atoms. The number of rotatable bonds is 3. The van der Waals surface area contributed by atoms with Crippen LogP contribution in [-0.2, 0) is 11.8 Å². The molecule has 6 nitrogen and oxygen atoms in total. The molecule has 0 aliphatic carbocycles. The molecule has 0 amide bonds. The van der Waals surface area contributed by atoms with E-state index in [0.717, 1.165) is 0 Å². The number of hydrogen-bond acceptors (Lipinski definition) is 4. The molecule has 2 N–H and O–H groups in total. The number of nitrogens with zero attached hydrogens (tertiary/aromatic N) is 1. The van der Waals surface area contributed by atoms with Gasteiger partial charge in [0.25, 0.3) is 0 Å². The third-order valence-corrected chi connectivity index (χ3v) is 2.57. The average Bonchev–Trinajstić information content (AvgIpc) is 2.54. The van der Waals surface area contributed by atoms with Crippen LogP contribution in [0, 0.1) is 0 Å². The molecular formula is C11H11NO5. The minimum atomic E-state index is -1.10. The van der Waals surface area contributed by atoms with Crippen molar-refractivity contribution < 1.29 is 19.4 Å². The molecule has 0 saturated carbocycles. The van der Waals surface area contributed by atoms with Crippen LogP contribution in [0.15, 0.2) is 27.4 Å². The molecule has 0 aliphatic heterocycles. The number of aromatic nitrogens is 1. The van der Waals surface area contributed by atoms with E-state index >= 15 is 0 Å². The lowest BCUT2D eigenvalue weighted by molar-refractivity contribution is -0.139. The first-order valence-corrected chi connectivity index (χ1v) is 4.98. The van der Waals surface area contributed by atoms with Crippen molar-refractivity contribution in [3.8, 4) is 0 Å². The van der Waals surface area contributed by atoms with Gasteiger partial charge in [-0.15, -0.1) is 0 Å². The molecule has 1 atom stereocenters. The number of aliphatic carboxylic acids is 1. The van der Waals surface area contributed by atoms with Gasteiger partial charge < -0.3 is 14.6 Å². The smallest absolute Gasteiger partial charge is 0.419 e. The van der Waals surface area contributed by atoms with Gasteiger partial charge in [-0.2, -0.15) is 0 Å². The summed E-state index contributed by atoms with van der Waals surface area (Å²) < 4.78 is 6.22. The fraction of sp³-hybridized carbons (Fsp3) is 0.273. The molecule has 1 aromatic carbocycles. The zero-order valence-electron chi connectivity index (χ0n) is 9.08. The zero-order valence-corrected chi connectivity index (χ0v) is 9.08. The van der Waals surface area contributed by atoms with Crippen LogP contribution in [0.1, 0.15) is 18.1 Å².